The average Bonchev–Trinajstić information content (AvgIpc) is 3.21. The fourth-order valence-electron chi connectivity index (χ4n) is 2.15. The normalized spacial score (nSPS) is 17.1. The van der Waals surface area contributed by atoms with Crippen LogP contribution in [0.2, 0.25) is 0 Å². The molecule has 0 aliphatic heterocycles. The van der Waals surface area contributed by atoms with Crippen molar-refractivity contribution < 1.29 is 32.0 Å². The molecule has 126 valence electrons. The Balaban J connectivity index is 1.97. The number of benzene rings is 1. The Bertz CT molecular complexity index is 682. The minimum Gasteiger partial charge on any atom is -0.480 e. The quantitative estimate of drug-likeness (QED) is 0.705. The van der Waals surface area contributed by atoms with Gasteiger partial charge in [-0.1, -0.05) is 30.3 Å². The van der Waals surface area contributed by atoms with Crippen molar-refractivity contribution >= 4 is 22.2 Å². The third kappa shape index (κ3) is 4.93. The first-order chi connectivity index (χ1) is 10.7. The van der Waals surface area contributed by atoms with Gasteiger partial charge < -0.3 is 15.2 Å². The Hall–Kier alpha value is -2.13. The van der Waals surface area contributed by atoms with Gasteiger partial charge in [0.1, 0.15) is 12.2 Å². The number of carboxylic acids is 1. The van der Waals surface area contributed by atoms with Gasteiger partial charge in [-0.2, -0.15) is 8.42 Å². The van der Waals surface area contributed by atoms with Crippen LogP contribution in [0.3, 0.4) is 0 Å². The molecule has 1 aromatic rings. The summed E-state index contributed by atoms with van der Waals surface area (Å²) >= 11 is 0. The van der Waals surface area contributed by atoms with E-state index in [2.05, 4.69) is 5.32 Å². The number of hydrogen-bond donors (Lipinski definition) is 2. The summed E-state index contributed by atoms with van der Waals surface area (Å²) in [6.07, 6.45) is 0.316. The minimum absolute atomic E-state index is 0.0288. The van der Waals surface area contributed by atoms with E-state index in [1.165, 1.54) is 0 Å². The lowest BCUT2D eigenvalue weighted by Gasteiger charge is -2.23. The van der Waals surface area contributed by atoms with Gasteiger partial charge in [-0.25, -0.2) is 9.59 Å². The van der Waals surface area contributed by atoms with Gasteiger partial charge in [0.25, 0.3) is 10.1 Å². The molecule has 1 aliphatic rings. The molecule has 0 bridgehead atoms. The van der Waals surface area contributed by atoms with Gasteiger partial charge in [0.15, 0.2) is 6.04 Å². The molecule has 0 spiro atoms. The number of carboxylic acid groups (broad SMARTS) is 1. The van der Waals surface area contributed by atoms with E-state index in [9.17, 15) is 23.1 Å². The fourth-order valence-corrected chi connectivity index (χ4v) is 3.01. The maximum Gasteiger partial charge on any atom is 0.408 e. The van der Waals surface area contributed by atoms with Crippen molar-refractivity contribution in [3.8, 4) is 0 Å². The van der Waals surface area contributed by atoms with E-state index in [1.807, 2.05) is 6.07 Å². The Kier molecular flexibility index (Phi) is 4.90. The molecule has 2 N–H and O–H groups in total. The van der Waals surface area contributed by atoms with Crippen molar-refractivity contribution in [1.82, 2.24) is 5.32 Å². The van der Waals surface area contributed by atoms with Gasteiger partial charge in [0, 0.05) is 0 Å². The number of carbonyl (C=O) groups is 2. The second-order valence-electron chi connectivity index (χ2n) is 5.33. The highest BCUT2D eigenvalue weighted by Crippen LogP contribution is 2.44. The van der Waals surface area contributed by atoms with Gasteiger partial charge in [-0.3, -0.25) is 4.18 Å². The summed E-state index contributed by atoms with van der Waals surface area (Å²) < 4.78 is 32.3. The lowest BCUT2D eigenvalue weighted by atomic mass is 10.1. The molecule has 23 heavy (non-hydrogen) atoms. The SMILES string of the molecule is CS(=O)(=O)OC1([C@@H](NC(=O)OCc2ccccc2)C(=O)O)CC1. The van der Waals surface area contributed by atoms with E-state index in [0.717, 1.165) is 11.8 Å². The highest BCUT2D eigenvalue weighted by atomic mass is 32.2. The van der Waals surface area contributed by atoms with Crippen LogP contribution in [0.5, 0.6) is 0 Å². The average molecular weight is 343 g/mol. The second kappa shape index (κ2) is 6.55. The summed E-state index contributed by atoms with van der Waals surface area (Å²) in [5.41, 5.74) is -0.700. The number of carbonyl (C=O) groups excluding carboxylic acids is 1. The number of nitrogens with one attached hydrogen (secondary N) is 1. The van der Waals surface area contributed by atoms with Gasteiger partial charge in [-0.05, 0) is 18.4 Å². The summed E-state index contributed by atoms with van der Waals surface area (Å²) in [6, 6.07) is 7.35. The van der Waals surface area contributed by atoms with E-state index in [0.29, 0.717) is 0 Å². The summed E-state index contributed by atoms with van der Waals surface area (Å²) in [4.78, 5) is 23.1. The van der Waals surface area contributed by atoms with Gasteiger partial charge in [-0.15, -0.1) is 0 Å². The van der Waals surface area contributed by atoms with Gasteiger partial charge in [0.05, 0.1) is 6.26 Å². The maximum absolute atomic E-state index is 11.8. The molecule has 1 aliphatic carbocycles. The van der Waals surface area contributed by atoms with Crippen molar-refractivity contribution in [2.24, 2.45) is 0 Å². The van der Waals surface area contributed by atoms with E-state index in [4.69, 9.17) is 8.92 Å². The van der Waals surface area contributed by atoms with Crippen molar-refractivity contribution in [2.75, 3.05) is 6.26 Å². The van der Waals surface area contributed by atoms with Crippen LogP contribution in [0, 0.1) is 0 Å². The third-order valence-corrected chi connectivity index (χ3v) is 3.94. The first-order valence-electron chi connectivity index (χ1n) is 6.82. The van der Waals surface area contributed by atoms with Crippen LogP contribution in [0.15, 0.2) is 30.3 Å². The summed E-state index contributed by atoms with van der Waals surface area (Å²) in [6.45, 7) is -0.0288. The number of hydrogen-bond acceptors (Lipinski definition) is 6. The van der Waals surface area contributed by atoms with Crippen LogP contribution in [0.1, 0.15) is 18.4 Å². The largest absolute Gasteiger partial charge is 0.480 e. The fraction of sp³-hybridized carbons (Fsp3) is 0.429. The predicted molar refractivity (Wildman–Crippen MR) is 79.1 cm³/mol. The minimum atomic E-state index is -3.84. The van der Waals surface area contributed by atoms with Gasteiger partial charge >= 0.3 is 12.1 Å². The van der Waals surface area contributed by atoms with Crippen LogP contribution in [-0.2, 0) is 30.4 Å². The molecular weight excluding hydrogens is 326 g/mol. The highest BCUT2D eigenvalue weighted by Gasteiger charge is 2.57. The zero-order valence-electron chi connectivity index (χ0n) is 12.4. The molecule has 0 aromatic heterocycles. The molecule has 1 fully saturated rings. The molecule has 2 rings (SSSR count). The van der Waals surface area contributed by atoms with E-state index in [1.54, 1.807) is 24.3 Å². The number of ether oxygens (including phenoxy) is 1. The zero-order valence-corrected chi connectivity index (χ0v) is 13.2. The molecule has 1 saturated carbocycles. The molecular formula is C14H17NO7S. The summed E-state index contributed by atoms with van der Waals surface area (Å²) in [5.74, 6) is -1.39. The van der Waals surface area contributed by atoms with Crippen LogP contribution >= 0.6 is 0 Å². The highest BCUT2D eigenvalue weighted by molar-refractivity contribution is 7.86. The van der Waals surface area contributed by atoms with Crippen LogP contribution in [0.4, 0.5) is 4.79 Å². The van der Waals surface area contributed by atoms with E-state index in [-0.39, 0.29) is 19.4 Å². The molecule has 0 unspecified atom stereocenters. The molecule has 1 aromatic carbocycles. The van der Waals surface area contributed by atoms with Crippen LogP contribution < -0.4 is 5.32 Å². The molecule has 0 saturated heterocycles. The predicted octanol–water partition coefficient (Wildman–Crippen LogP) is 0.875. The summed E-state index contributed by atoms with van der Waals surface area (Å²) in [5, 5.41) is 11.4. The molecule has 1 amide bonds. The lowest BCUT2D eigenvalue weighted by Crippen LogP contribution is -2.52. The molecule has 9 heteroatoms. The first-order valence-corrected chi connectivity index (χ1v) is 8.64. The summed E-state index contributed by atoms with van der Waals surface area (Å²) in [7, 11) is -3.84. The number of alkyl carbamates (subject to hydrolysis) is 1. The third-order valence-electron chi connectivity index (χ3n) is 3.31. The van der Waals surface area contributed by atoms with Crippen molar-refractivity contribution in [2.45, 2.75) is 31.1 Å². The van der Waals surface area contributed by atoms with Crippen molar-refractivity contribution in [3.05, 3.63) is 35.9 Å². The van der Waals surface area contributed by atoms with E-state index >= 15 is 0 Å². The number of amides is 1. The van der Waals surface area contributed by atoms with E-state index < -0.39 is 33.8 Å². The topological polar surface area (TPSA) is 119 Å². The monoisotopic (exact) mass is 343 g/mol. The molecule has 1 atom stereocenters. The smallest absolute Gasteiger partial charge is 0.408 e. The Morgan fingerprint density at radius 2 is 1.91 bits per heavy atom. The standard InChI is InChI=1S/C14H17NO7S/c1-23(19,20)22-14(7-8-14)11(12(16)17)15-13(18)21-9-10-5-3-2-4-6-10/h2-6,11H,7-9H2,1H3,(H,15,18)(H,16,17)/t11-/m0/s1. The van der Waals surface area contributed by atoms with Crippen molar-refractivity contribution in [1.29, 1.82) is 0 Å². The zero-order chi connectivity index (χ0) is 17.1. The Labute approximate surface area is 133 Å². The molecule has 0 heterocycles. The maximum atomic E-state index is 11.8. The van der Waals surface area contributed by atoms with Gasteiger partial charge in [0.2, 0.25) is 0 Å². The first kappa shape index (κ1) is 17.2. The Morgan fingerprint density at radius 1 is 1.30 bits per heavy atom. The second-order valence-corrected chi connectivity index (χ2v) is 6.90. The van der Waals surface area contributed by atoms with Crippen LogP contribution in [-0.4, -0.2) is 43.5 Å². The Morgan fingerprint density at radius 3 is 2.39 bits per heavy atom. The number of rotatable bonds is 7. The lowest BCUT2D eigenvalue weighted by molar-refractivity contribution is -0.142. The number of aliphatic carboxylic acids is 1. The van der Waals surface area contributed by atoms with Crippen molar-refractivity contribution in [3.63, 3.8) is 0 Å². The van der Waals surface area contributed by atoms with Crippen LogP contribution in [0.25, 0.3) is 0 Å². The molecule has 0 radical (unpaired) electrons. The molecule has 8 nitrogen and oxygen atoms in total.